The zero-order valence-electron chi connectivity index (χ0n) is 5.50. The van der Waals surface area contributed by atoms with Crippen LogP contribution in [0.25, 0.3) is 10.2 Å². The highest BCUT2D eigenvalue weighted by Crippen LogP contribution is 2.27. The van der Waals surface area contributed by atoms with Crippen LogP contribution in [0.15, 0.2) is 23.0 Å². The van der Waals surface area contributed by atoms with Gasteiger partial charge in [0.15, 0.2) is 5.06 Å². The van der Waals surface area contributed by atoms with Gasteiger partial charge in [-0.1, -0.05) is 11.3 Å². The van der Waals surface area contributed by atoms with Crippen molar-refractivity contribution >= 4 is 21.6 Å². The van der Waals surface area contributed by atoms with Crippen LogP contribution in [-0.2, 0) is 0 Å². The summed E-state index contributed by atoms with van der Waals surface area (Å²) in [6.07, 6.45) is 0. The van der Waals surface area contributed by atoms with Crippen LogP contribution >= 0.6 is 11.3 Å². The Morgan fingerprint density at radius 1 is 1.45 bits per heavy atom. The van der Waals surface area contributed by atoms with Gasteiger partial charge in [0.2, 0.25) is 5.56 Å². The van der Waals surface area contributed by atoms with Crippen LogP contribution in [0.2, 0.25) is 0 Å². The van der Waals surface area contributed by atoms with E-state index >= 15 is 0 Å². The van der Waals surface area contributed by atoms with E-state index in [0.717, 1.165) is 4.70 Å². The van der Waals surface area contributed by atoms with E-state index in [-0.39, 0.29) is 10.6 Å². The highest BCUT2D eigenvalue weighted by molar-refractivity contribution is 7.20. The quantitative estimate of drug-likeness (QED) is 0.621. The van der Waals surface area contributed by atoms with Gasteiger partial charge in [0.25, 0.3) is 0 Å². The van der Waals surface area contributed by atoms with Crippen LogP contribution in [0.1, 0.15) is 0 Å². The Balaban J connectivity index is 2.92. The number of H-pyrrole nitrogens is 1. The van der Waals surface area contributed by atoms with Crippen LogP contribution in [0.3, 0.4) is 0 Å². The van der Waals surface area contributed by atoms with E-state index in [9.17, 15) is 4.79 Å². The summed E-state index contributed by atoms with van der Waals surface area (Å²) in [6.45, 7) is 0. The van der Waals surface area contributed by atoms with E-state index in [1.54, 1.807) is 12.1 Å². The number of rotatable bonds is 0. The summed E-state index contributed by atoms with van der Waals surface area (Å²) in [5.74, 6) is 0. The van der Waals surface area contributed by atoms with Gasteiger partial charge in [-0.2, -0.15) is 0 Å². The van der Waals surface area contributed by atoms with Crippen LogP contribution in [0, 0.1) is 0 Å². The smallest absolute Gasteiger partial charge is 0.248 e. The average Bonchev–Trinajstić information content (AvgIpc) is 2.27. The minimum Gasteiger partial charge on any atom is -0.499 e. The van der Waals surface area contributed by atoms with E-state index in [4.69, 9.17) is 5.11 Å². The van der Waals surface area contributed by atoms with Crippen LogP contribution in [0.4, 0.5) is 0 Å². The van der Waals surface area contributed by atoms with Gasteiger partial charge >= 0.3 is 0 Å². The molecule has 2 heterocycles. The molecule has 56 valence electrons. The minimum absolute atomic E-state index is 0.143. The third-order valence-electron chi connectivity index (χ3n) is 1.39. The Kier molecular flexibility index (Phi) is 1.22. The number of thiophene rings is 1. The van der Waals surface area contributed by atoms with Crippen molar-refractivity contribution in [2.24, 2.45) is 0 Å². The van der Waals surface area contributed by atoms with Gasteiger partial charge in [-0.05, 0) is 6.07 Å². The Morgan fingerprint density at radius 3 is 3.09 bits per heavy atom. The molecule has 0 aromatic carbocycles. The van der Waals surface area contributed by atoms with E-state index in [2.05, 4.69) is 4.98 Å². The summed E-state index contributed by atoms with van der Waals surface area (Å²) in [4.78, 5) is 13.4. The molecule has 0 saturated carbocycles. The van der Waals surface area contributed by atoms with Crippen molar-refractivity contribution < 1.29 is 5.11 Å². The average molecular weight is 167 g/mol. The first-order valence-electron chi connectivity index (χ1n) is 3.07. The fourth-order valence-electron chi connectivity index (χ4n) is 0.939. The first-order valence-corrected chi connectivity index (χ1v) is 3.89. The SMILES string of the molecule is O=c1ccc2sc(O)cc2[nH]1. The summed E-state index contributed by atoms with van der Waals surface area (Å²) in [7, 11) is 0. The van der Waals surface area contributed by atoms with E-state index < -0.39 is 0 Å². The first-order chi connectivity index (χ1) is 5.25. The number of aromatic nitrogens is 1. The lowest BCUT2D eigenvalue weighted by atomic mass is 10.4. The summed E-state index contributed by atoms with van der Waals surface area (Å²) < 4.78 is 0.891. The molecule has 0 aliphatic heterocycles. The third-order valence-corrected chi connectivity index (χ3v) is 2.29. The highest BCUT2D eigenvalue weighted by Gasteiger charge is 1.98. The van der Waals surface area contributed by atoms with Crippen molar-refractivity contribution in [3.8, 4) is 5.06 Å². The highest BCUT2D eigenvalue weighted by atomic mass is 32.1. The van der Waals surface area contributed by atoms with Gasteiger partial charge in [-0.3, -0.25) is 4.79 Å². The third kappa shape index (κ3) is 1.01. The summed E-state index contributed by atoms with van der Waals surface area (Å²) >= 11 is 1.25. The van der Waals surface area contributed by atoms with Gasteiger partial charge in [0.1, 0.15) is 0 Å². The molecular weight excluding hydrogens is 162 g/mol. The number of nitrogens with one attached hydrogen (secondary N) is 1. The lowest BCUT2D eigenvalue weighted by Crippen LogP contribution is -2.00. The van der Waals surface area contributed by atoms with Gasteiger partial charge in [-0.15, -0.1) is 0 Å². The molecule has 0 aliphatic carbocycles. The molecule has 0 saturated heterocycles. The molecule has 2 rings (SSSR count). The molecule has 0 spiro atoms. The van der Waals surface area contributed by atoms with Gasteiger partial charge in [0.05, 0.1) is 10.2 Å². The second kappa shape index (κ2) is 2.10. The second-order valence-electron chi connectivity index (χ2n) is 2.19. The molecule has 0 radical (unpaired) electrons. The van der Waals surface area contributed by atoms with Crippen LogP contribution in [0.5, 0.6) is 5.06 Å². The fourth-order valence-corrected chi connectivity index (χ4v) is 1.70. The lowest BCUT2D eigenvalue weighted by Gasteiger charge is -1.83. The molecule has 3 nitrogen and oxygen atoms in total. The number of fused-ring (bicyclic) bond motifs is 1. The summed E-state index contributed by atoms with van der Waals surface area (Å²) in [5, 5.41) is 9.27. The van der Waals surface area contributed by atoms with Crippen molar-refractivity contribution in [3.05, 3.63) is 28.6 Å². The predicted octanol–water partition coefficient (Wildman–Crippen LogP) is 1.30. The fraction of sp³-hybridized carbons (Fsp3) is 0. The van der Waals surface area contributed by atoms with Crippen LogP contribution < -0.4 is 5.56 Å². The number of pyridine rings is 1. The van der Waals surface area contributed by atoms with Gasteiger partial charge in [-0.25, -0.2) is 0 Å². The van der Waals surface area contributed by atoms with Crippen molar-refractivity contribution in [2.45, 2.75) is 0 Å². The molecule has 2 aromatic rings. The predicted molar refractivity (Wildman–Crippen MR) is 44.1 cm³/mol. The Morgan fingerprint density at radius 2 is 2.27 bits per heavy atom. The Bertz CT molecular complexity index is 443. The zero-order chi connectivity index (χ0) is 7.84. The van der Waals surface area contributed by atoms with Crippen molar-refractivity contribution in [2.75, 3.05) is 0 Å². The lowest BCUT2D eigenvalue weighted by molar-refractivity contribution is 0.491. The molecule has 0 amide bonds. The number of aromatic hydroxyl groups is 1. The monoisotopic (exact) mass is 167 g/mol. The van der Waals surface area contributed by atoms with Gasteiger partial charge in [0, 0.05) is 12.1 Å². The normalized spacial score (nSPS) is 10.5. The minimum atomic E-state index is -0.143. The van der Waals surface area contributed by atoms with Crippen LogP contribution in [-0.4, -0.2) is 10.1 Å². The Labute approximate surface area is 65.9 Å². The molecule has 4 heteroatoms. The van der Waals surface area contributed by atoms with E-state index in [1.165, 1.54) is 17.4 Å². The van der Waals surface area contributed by atoms with E-state index in [0.29, 0.717) is 5.52 Å². The molecule has 2 N–H and O–H groups in total. The van der Waals surface area contributed by atoms with Crippen molar-refractivity contribution in [3.63, 3.8) is 0 Å². The molecule has 11 heavy (non-hydrogen) atoms. The molecule has 0 aliphatic rings. The maximum Gasteiger partial charge on any atom is 0.248 e. The maximum absolute atomic E-state index is 10.8. The van der Waals surface area contributed by atoms with E-state index in [1.807, 2.05) is 0 Å². The maximum atomic E-state index is 10.8. The zero-order valence-corrected chi connectivity index (χ0v) is 6.31. The van der Waals surface area contributed by atoms with Gasteiger partial charge < -0.3 is 10.1 Å². The Hall–Kier alpha value is -1.29. The number of hydrogen-bond acceptors (Lipinski definition) is 3. The first kappa shape index (κ1) is 6.42. The number of aromatic amines is 1. The molecule has 2 aromatic heterocycles. The second-order valence-corrected chi connectivity index (χ2v) is 3.25. The number of hydrogen-bond donors (Lipinski definition) is 2. The van der Waals surface area contributed by atoms with Crippen molar-refractivity contribution in [1.82, 2.24) is 4.98 Å². The molecule has 0 bridgehead atoms. The topological polar surface area (TPSA) is 53.1 Å². The largest absolute Gasteiger partial charge is 0.499 e. The standard InChI is InChI=1S/C7H5NO2S/c9-6-2-1-5-4(8-6)3-7(10)11-5/h1-3,10H,(H,8,9). The summed E-state index contributed by atoms with van der Waals surface area (Å²) in [5.41, 5.74) is 0.551. The molecule has 0 unspecified atom stereocenters. The summed E-state index contributed by atoms with van der Waals surface area (Å²) in [6, 6.07) is 4.68. The molecular formula is C7H5NO2S. The molecule has 0 atom stereocenters. The molecule has 0 fully saturated rings. The van der Waals surface area contributed by atoms with Crippen molar-refractivity contribution in [1.29, 1.82) is 0 Å².